The molecule has 0 unspecified atom stereocenters. The van der Waals surface area contributed by atoms with Gasteiger partial charge in [0.05, 0.1) is 12.2 Å². The maximum absolute atomic E-state index is 4.45. The second-order valence-corrected chi connectivity index (χ2v) is 5.70. The second kappa shape index (κ2) is 4.88. The third-order valence-electron chi connectivity index (χ3n) is 2.06. The van der Waals surface area contributed by atoms with Gasteiger partial charge in [-0.05, 0) is 35.0 Å². The largest absolute Gasteiger partial charge is 0.344 e. The molecule has 0 aliphatic carbocycles. The second-order valence-electron chi connectivity index (χ2n) is 3.46. The van der Waals surface area contributed by atoms with Crippen molar-refractivity contribution in [2.24, 2.45) is 0 Å². The van der Waals surface area contributed by atoms with E-state index in [0.29, 0.717) is 0 Å². The molecule has 2 aromatic rings. The molecule has 4 nitrogen and oxygen atoms in total. The highest BCUT2D eigenvalue weighted by atomic mass is 79.9. The number of aryl methyl sites for hydroxylation is 1. The average molecular weight is 299 g/mol. The molecule has 0 fully saturated rings. The van der Waals surface area contributed by atoms with Gasteiger partial charge in [0.25, 0.3) is 0 Å². The van der Waals surface area contributed by atoms with Gasteiger partial charge in [-0.15, -0.1) is 10.2 Å². The van der Waals surface area contributed by atoms with Crippen LogP contribution < -0.4 is 4.90 Å². The van der Waals surface area contributed by atoms with Crippen molar-refractivity contribution in [1.82, 2.24) is 15.2 Å². The molecule has 0 bridgehead atoms. The molecule has 0 aromatic carbocycles. The molecular weight excluding hydrogens is 288 g/mol. The molecule has 0 saturated heterocycles. The minimum absolute atomic E-state index is 0.739. The van der Waals surface area contributed by atoms with Crippen LogP contribution in [0.15, 0.2) is 22.1 Å². The van der Waals surface area contributed by atoms with E-state index in [1.807, 2.05) is 37.1 Å². The Morgan fingerprint density at radius 3 is 2.81 bits per heavy atom. The number of hydrogen-bond donors (Lipinski definition) is 0. The highest BCUT2D eigenvalue weighted by molar-refractivity contribution is 9.11. The van der Waals surface area contributed by atoms with Gasteiger partial charge in [-0.2, -0.15) is 0 Å². The van der Waals surface area contributed by atoms with Gasteiger partial charge in [0.2, 0.25) is 5.13 Å². The molecule has 16 heavy (non-hydrogen) atoms. The zero-order valence-corrected chi connectivity index (χ0v) is 11.4. The molecule has 0 saturated carbocycles. The van der Waals surface area contributed by atoms with Crippen molar-refractivity contribution < 1.29 is 0 Å². The van der Waals surface area contributed by atoms with Crippen LogP contribution in [-0.2, 0) is 6.54 Å². The van der Waals surface area contributed by atoms with E-state index in [-0.39, 0.29) is 0 Å². The van der Waals surface area contributed by atoms with E-state index in [0.717, 1.165) is 27.0 Å². The van der Waals surface area contributed by atoms with E-state index in [9.17, 15) is 0 Å². The molecular formula is C10H11BrN4S. The van der Waals surface area contributed by atoms with Gasteiger partial charge in [0, 0.05) is 12.7 Å². The van der Waals surface area contributed by atoms with Crippen molar-refractivity contribution in [2.75, 3.05) is 11.9 Å². The number of anilines is 1. The third kappa shape index (κ3) is 2.76. The topological polar surface area (TPSA) is 41.9 Å². The van der Waals surface area contributed by atoms with Gasteiger partial charge in [-0.25, -0.2) is 0 Å². The Morgan fingerprint density at radius 1 is 1.38 bits per heavy atom. The smallest absolute Gasteiger partial charge is 0.209 e. The van der Waals surface area contributed by atoms with Gasteiger partial charge in [-0.1, -0.05) is 17.4 Å². The van der Waals surface area contributed by atoms with Crippen molar-refractivity contribution in [3.05, 3.63) is 33.5 Å². The SMILES string of the molecule is Cc1cccc(CN(C)c2nnc(Br)s2)n1. The van der Waals surface area contributed by atoms with Gasteiger partial charge >= 0.3 is 0 Å². The summed E-state index contributed by atoms with van der Waals surface area (Å²) >= 11 is 4.81. The monoisotopic (exact) mass is 298 g/mol. The number of aromatic nitrogens is 3. The molecule has 0 aliphatic rings. The Morgan fingerprint density at radius 2 is 2.19 bits per heavy atom. The normalized spacial score (nSPS) is 10.4. The van der Waals surface area contributed by atoms with E-state index < -0.39 is 0 Å². The number of hydrogen-bond acceptors (Lipinski definition) is 5. The fourth-order valence-corrected chi connectivity index (χ4v) is 2.40. The standard InChI is InChI=1S/C10H11BrN4S/c1-7-4-3-5-8(12-7)6-15(2)10-14-13-9(11)16-10/h3-5H,6H2,1-2H3. The van der Waals surface area contributed by atoms with Crippen molar-refractivity contribution >= 4 is 32.4 Å². The molecule has 0 spiro atoms. The van der Waals surface area contributed by atoms with Crippen molar-refractivity contribution in [2.45, 2.75) is 13.5 Å². The summed E-state index contributed by atoms with van der Waals surface area (Å²) in [5.41, 5.74) is 2.07. The molecule has 0 aliphatic heterocycles. The van der Waals surface area contributed by atoms with E-state index in [4.69, 9.17) is 0 Å². The summed E-state index contributed by atoms with van der Waals surface area (Å²) in [5, 5.41) is 8.86. The first-order chi connectivity index (χ1) is 7.65. The summed E-state index contributed by atoms with van der Waals surface area (Å²) in [6.45, 7) is 2.73. The summed E-state index contributed by atoms with van der Waals surface area (Å²) in [7, 11) is 1.98. The zero-order chi connectivity index (χ0) is 11.5. The predicted molar refractivity (Wildman–Crippen MR) is 68.7 cm³/mol. The van der Waals surface area contributed by atoms with E-state index in [1.165, 1.54) is 11.3 Å². The number of rotatable bonds is 3. The van der Waals surface area contributed by atoms with Crippen LogP contribution in [0.4, 0.5) is 5.13 Å². The fourth-order valence-electron chi connectivity index (χ4n) is 1.35. The highest BCUT2D eigenvalue weighted by Crippen LogP contribution is 2.23. The summed E-state index contributed by atoms with van der Waals surface area (Å²) in [6.07, 6.45) is 0. The van der Waals surface area contributed by atoms with Gasteiger partial charge in [-0.3, -0.25) is 4.98 Å². The van der Waals surface area contributed by atoms with Crippen LogP contribution >= 0.6 is 27.3 Å². The summed E-state index contributed by atoms with van der Waals surface area (Å²) < 4.78 is 0.798. The lowest BCUT2D eigenvalue weighted by Gasteiger charge is -2.14. The zero-order valence-electron chi connectivity index (χ0n) is 9.01. The summed E-state index contributed by atoms with van der Waals surface area (Å²) in [5.74, 6) is 0. The van der Waals surface area contributed by atoms with Gasteiger partial charge in [0.1, 0.15) is 0 Å². The molecule has 0 N–H and O–H groups in total. The minimum Gasteiger partial charge on any atom is -0.344 e. The van der Waals surface area contributed by atoms with E-state index in [2.05, 4.69) is 31.1 Å². The van der Waals surface area contributed by atoms with Crippen molar-refractivity contribution in [3.63, 3.8) is 0 Å². The lowest BCUT2D eigenvalue weighted by molar-refractivity contribution is 0.857. The summed E-state index contributed by atoms with van der Waals surface area (Å²) in [6, 6.07) is 6.02. The number of nitrogens with zero attached hydrogens (tertiary/aromatic N) is 4. The van der Waals surface area contributed by atoms with Crippen LogP contribution in [0, 0.1) is 6.92 Å². The number of pyridine rings is 1. The molecule has 0 amide bonds. The van der Waals surface area contributed by atoms with Crippen LogP contribution in [0.25, 0.3) is 0 Å². The molecule has 2 heterocycles. The lowest BCUT2D eigenvalue weighted by atomic mass is 10.3. The van der Waals surface area contributed by atoms with Crippen molar-refractivity contribution in [3.8, 4) is 0 Å². The van der Waals surface area contributed by atoms with Gasteiger partial charge in [0.15, 0.2) is 3.92 Å². The van der Waals surface area contributed by atoms with Crippen LogP contribution in [0.2, 0.25) is 0 Å². The molecule has 2 rings (SSSR count). The van der Waals surface area contributed by atoms with Crippen LogP contribution in [0.5, 0.6) is 0 Å². The van der Waals surface area contributed by atoms with Crippen LogP contribution in [0.3, 0.4) is 0 Å². The quantitative estimate of drug-likeness (QED) is 0.874. The predicted octanol–water partition coefficient (Wildman–Crippen LogP) is 2.64. The molecule has 0 atom stereocenters. The van der Waals surface area contributed by atoms with Crippen molar-refractivity contribution in [1.29, 1.82) is 0 Å². The number of halogens is 1. The molecule has 0 radical (unpaired) electrons. The summed E-state index contributed by atoms with van der Waals surface area (Å²) in [4.78, 5) is 6.48. The van der Waals surface area contributed by atoms with E-state index in [1.54, 1.807) is 0 Å². The first-order valence-electron chi connectivity index (χ1n) is 4.78. The first kappa shape index (κ1) is 11.5. The maximum Gasteiger partial charge on any atom is 0.209 e. The molecule has 84 valence electrons. The third-order valence-corrected chi connectivity index (χ3v) is 3.53. The maximum atomic E-state index is 4.45. The molecule has 2 aromatic heterocycles. The molecule has 6 heteroatoms. The fraction of sp³-hybridized carbons (Fsp3) is 0.300. The van der Waals surface area contributed by atoms with Crippen LogP contribution in [0.1, 0.15) is 11.4 Å². The minimum atomic E-state index is 0.739. The Labute approximate surface area is 106 Å². The lowest BCUT2D eigenvalue weighted by Crippen LogP contribution is -2.17. The Balaban J connectivity index is 2.10. The Kier molecular flexibility index (Phi) is 3.50. The van der Waals surface area contributed by atoms with E-state index >= 15 is 0 Å². The highest BCUT2D eigenvalue weighted by Gasteiger charge is 2.08. The Hall–Kier alpha value is -1.01. The Bertz CT molecular complexity index is 485. The first-order valence-corrected chi connectivity index (χ1v) is 6.39. The average Bonchev–Trinajstić information content (AvgIpc) is 2.65. The van der Waals surface area contributed by atoms with Crippen LogP contribution in [-0.4, -0.2) is 22.2 Å². The van der Waals surface area contributed by atoms with Gasteiger partial charge < -0.3 is 4.90 Å².